The Morgan fingerprint density at radius 3 is 2.75 bits per heavy atom. The Morgan fingerprint density at radius 1 is 1.12 bits per heavy atom. The average molecular weight is 317 g/mol. The van der Waals surface area contributed by atoms with Gasteiger partial charge < -0.3 is 9.72 Å². The third-order valence-electron chi connectivity index (χ3n) is 4.02. The first-order valence-electron chi connectivity index (χ1n) is 7.56. The molecule has 4 aromatic rings. The molecule has 2 heterocycles. The molecule has 5 heteroatoms. The molecular formula is C19H15N3O2. The summed E-state index contributed by atoms with van der Waals surface area (Å²) < 4.78 is 6.67. The number of nitrogens with zero attached hydrogens (tertiary/aromatic N) is 2. The highest BCUT2D eigenvalue weighted by atomic mass is 16.5. The topological polar surface area (TPSA) is 59.9 Å². The highest BCUT2D eigenvalue weighted by molar-refractivity contribution is 6.05. The summed E-state index contributed by atoms with van der Waals surface area (Å²) in [5, 5.41) is 5.26. The lowest BCUT2D eigenvalue weighted by Gasteiger charge is -2.01. The molecule has 0 aliphatic rings. The van der Waals surface area contributed by atoms with Crippen LogP contribution in [0, 0.1) is 0 Å². The SMILES string of the molecule is COC(=O)c1c[nH]c2ccc(-c3cnn(-c4ccccc4)c3)cc12. The van der Waals surface area contributed by atoms with Crippen LogP contribution in [-0.4, -0.2) is 27.8 Å². The molecule has 118 valence electrons. The highest BCUT2D eigenvalue weighted by Gasteiger charge is 2.13. The van der Waals surface area contributed by atoms with E-state index in [0.717, 1.165) is 27.7 Å². The Hall–Kier alpha value is -3.34. The van der Waals surface area contributed by atoms with Crippen LogP contribution < -0.4 is 0 Å². The fraction of sp³-hybridized carbons (Fsp3) is 0.0526. The molecule has 0 radical (unpaired) electrons. The lowest BCUT2D eigenvalue weighted by molar-refractivity contribution is 0.0603. The Morgan fingerprint density at radius 2 is 1.96 bits per heavy atom. The number of esters is 1. The Bertz CT molecular complexity index is 1020. The molecule has 0 unspecified atom stereocenters. The summed E-state index contributed by atoms with van der Waals surface area (Å²) in [5.74, 6) is -0.349. The van der Waals surface area contributed by atoms with E-state index in [2.05, 4.69) is 10.1 Å². The van der Waals surface area contributed by atoms with Crippen LogP contribution in [0.1, 0.15) is 10.4 Å². The maximum atomic E-state index is 11.9. The van der Waals surface area contributed by atoms with Gasteiger partial charge in [0.05, 0.1) is 24.6 Å². The van der Waals surface area contributed by atoms with Crippen LogP contribution in [0.4, 0.5) is 0 Å². The summed E-state index contributed by atoms with van der Waals surface area (Å²) in [6.45, 7) is 0. The summed E-state index contributed by atoms with van der Waals surface area (Å²) >= 11 is 0. The van der Waals surface area contributed by atoms with Crippen molar-refractivity contribution in [2.45, 2.75) is 0 Å². The number of rotatable bonds is 3. The van der Waals surface area contributed by atoms with Crippen molar-refractivity contribution in [3.63, 3.8) is 0 Å². The molecule has 0 aliphatic carbocycles. The van der Waals surface area contributed by atoms with Crippen LogP contribution in [0.15, 0.2) is 67.1 Å². The maximum absolute atomic E-state index is 11.9. The second-order valence-electron chi connectivity index (χ2n) is 5.46. The molecule has 0 aliphatic heterocycles. The Balaban J connectivity index is 1.77. The Kier molecular flexibility index (Phi) is 3.39. The zero-order valence-corrected chi connectivity index (χ0v) is 13.1. The van der Waals surface area contributed by atoms with Gasteiger partial charge >= 0.3 is 5.97 Å². The van der Waals surface area contributed by atoms with Gasteiger partial charge in [-0.1, -0.05) is 24.3 Å². The monoisotopic (exact) mass is 317 g/mol. The van der Waals surface area contributed by atoms with E-state index >= 15 is 0 Å². The van der Waals surface area contributed by atoms with Gasteiger partial charge in [-0.15, -0.1) is 0 Å². The van der Waals surface area contributed by atoms with Crippen molar-refractivity contribution in [2.24, 2.45) is 0 Å². The molecule has 2 aromatic carbocycles. The largest absolute Gasteiger partial charge is 0.465 e. The number of ether oxygens (including phenoxy) is 1. The summed E-state index contributed by atoms with van der Waals surface area (Å²) in [6.07, 6.45) is 5.47. The molecule has 0 atom stereocenters. The molecule has 0 amide bonds. The number of benzene rings is 2. The number of carbonyl (C=O) groups excluding carboxylic acids is 1. The molecule has 0 spiro atoms. The van der Waals surface area contributed by atoms with Gasteiger partial charge in [0.15, 0.2) is 0 Å². The van der Waals surface area contributed by atoms with E-state index in [-0.39, 0.29) is 5.97 Å². The van der Waals surface area contributed by atoms with E-state index in [1.165, 1.54) is 7.11 Å². The van der Waals surface area contributed by atoms with Gasteiger partial charge in [0, 0.05) is 28.9 Å². The number of aromatic amines is 1. The van der Waals surface area contributed by atoms with Gasteiger partial charge in [-0.05, 0) is 29.8 Å². The van der Waals surface area contributed by atoms with Crippen molar-refractivity contribution in [2.75, 3.05) is 7.11 Å². The van der Waals surface area contributed by atoms with Crippen molar-refractivity contribution in [1.29, 1.82) is 0 Å². The summed E-state index contributed by atoms with van der Waals surface area (Å²) in [6, 6.07) is 15.9. The number of para-hydroxylation sites is 1. The normalized spacial score (nSPS) is 10.9. The zero-order valence-electron chi connectivity index (χ0n) is 13.1. The number of fused-ring (bicyclic) bond motifs is 1. The highest BCUT2D eigenvalue weighted by Crippen LogP contribution is 2.27. The van der Waals surface area contributed by atoms with E-state index in [9.17, 15) is 4.79 Å². The van der Waals surface area contributed by atoms with Crippen LogP contribution in [-0.2, 0) is 4.74 Å². The smallest absolute Gasteiger partial charge is 0.340 e. The predicted octanol–water partition coefficient (Wildman–Crippen LogP) is 3.81. The molecule has 0 fully saturated rings. The van der Waals surface area contributed by atoms with Gasteiger partial charge in [-0.3, -0.25) is 0 Å². The fourth-order valence-corrected chi connectivity index (χ4v) is 2.77. The van der Waals surface area contributed by atoms with Crippen LogP contribution in [0.5, 0.6) is 0 Å². The molecule has 0 saturated heterocycles. The third kappa shape index (κ3) is 2.36. The van der Waals surface area contributed by atoms with E-state index < -0.39 is 0 Å². The van der Waals surface area contributed by atoms with Crippen molar-refractivity contribution in [1.82, 2.24) is 14.8 Å². The van der Waals surface area contributed by atoms with Crippen LogP contribution in [0.3, 0.4) is 0 Å². The third-order valence-corrected chi connectivity index (χ3v) is 4.02. The summed E-state index contributed by atoms with van der Waals surface area (Å²) in [4.78, 5) is 15.0. The van der Waals surface area contributed by atoms with E-state index in [1.54, 1.807) is 6.20 Å². The van der Waals surface area contributed by atoms with Gasteiger partial charge in [0.2, 0.25) is 0 Å². The lowest BCUT2D eigenvalue weighted by Crippen LogP contribution is -1.99. The standard InChI is InChI=1S/C19H15N3O2/c1-24-19(23)17-11-20-18-8-7-13(9-16(17)18)14-10-21-22(12-14)15-5-3-2-4-6-15/h2-12,20H,1H3. The van der Waals surface area contributed by atoms with Gasteiger partial charge in [0.25, 0.3) is 0 Å². The lowest BCUT2D eigenvalue weighted by atomic mass is 10.1. The first kappa shape index (κ1) is 14.3. The first-order chi connectivity index (χ1) is 11.8. The fourth-order valence-electron chi connectivity index (χ4n) is 2.77. The molecule has 0 saturated carbocycles. The van der Waals surface area contributed by atoms with Crippen LogP contribution in [0.25, 0.3) is 27.7 Å². The minimum absolute atomic E-state index is 0.349. The van der Waals surface area contributed by atoms with Crippen LogP contribution in [0.2, 0.25) is 0 Å². The average Bonchev–Trinajstić information content (AvgIpc) is 3.28. The number of aromatic nitrogens is 3. The molecule has 1 N–H and O–H groups in total. The minimum Gasteiger partial charge on any atom is -0.465 e. The van der Waals surface area contributed by atoms with Crippen molar-refractivity contribution in [3.05, 3.63) is 72.7 Å². The molecule has 5 nitrogen and oxygen atoms in total. The number of nitrogens with one attached hydrogen (secondary N) is 1. The summed E-state index contributed by atoms with van der Waals surface area (Å²) in [5.41, 5.74) is 4.41. The predicted molar refractivity (Wildman–Crippen MR) is 92.2 cm³/mol. The number of hydrogen-bond acceptors (Lipinski definition) is 3. The number of carbonyl (C=O) groups is 1. The number of hydrogen-bond donors (Lipinski definition) is 1. The maximum Gasteiger partial charge on any atom is 0.340 e. The first-order valence-corrected chi connectivity index (χ1v) is 7.56. The van der Waals surface area contributed by atoms with Crippen LogP contribution >= 0.6 is 0 Å². The molecule has 2 aromatic heterocycles. The molecule has 0 bridgehead atoms. The van der Waals surface area contributed by atoms with Gasteiger partial charge in [-0.2, -0.15) is 5.10 Å². The second-order valence-corrected chi connectivity index (χ2v) is 5.46. The molecule has 24 heavy (non-hydrogen) atoms. The quantitative estimate of drug-likeness (QED) is 0.585. The van der Waals surface area contributed by atoms with E-state index in [0.29, 0.717) is 5.56 Å². The number of methoxy groups -OCH3 is 1. The second kappa shape index (κ2) is 5.70. The van der Waals surface area contributed by atoms with Gasteiger partial charge in [0.1, 0.15) is 0 Å². The minimum atomic E-state index is -0.349. The van der Waals surface area contributed by atoms with Gasteiger partial charge in [-0.25, -0.2) is 9.48 Å². The summed E-state index contributed by atoms with van der Waals surface area (Å²) in [7, 11) is 1.38. The Labute approximate surface area is 138 Å². The van der Waals surface area contributed by atoms with Crippen molar-refractivity contribution >= 4 is 16.9 Å². The van der Waals surface area contributed by atoms with E-state index in [1.807, 2.05) is 65.6 Å². The van der Waals surface area contributed by atoms with Crippen molar-refractivity contribution in [3.8, 4) is 16.8 Å². The molecular weight excluding hydrogens is 302 g/mol. The van der Waals surface area contributed by atoms with E-state index in [4.69, 9.17) is 4.74 Å². The zero-order chi connectivity index (χ0) is 16.5. The van der Waals surface area contributed by atoms with Crippen molar-refractivity contribution < 1.29 is 9.53 Å². The molecule has 4 rings (SSSR count). The number of H-pyrrole nitrogens is 1.